The molecule has 0 N–H and O–H groups in total. The second-order valence-electron chi connectivity index (χ2n) is 4.05. The highest BCUT2D eigenvalue weighted by Crippen LogP contribution is 2.22. The molecule has 1 aromatic heterocycles. The van der Waals surface area contributed by atoms with E-state index in [1.54, 1.807) is 0 Å². The van der Waals surface area contributed by atoms with Crippen LogP contribution in [0.2, 0.25) is 5.02 Å². The zero-order chi connectivity index (χ0) is 12.8. The molecule has 4 nitrogen and oxygen atoms in total. The molecule has 94 valence electrons. The Morgan fingerprint density at radius 1 is 1.47 bits per heavy atom. The molecule has 0 unspecified atom stereocenters. The average Bonchev–Trinajstić information content (AvgIpc) is 2.57. The third kappa shape index (κ3) is 3.45. The summed E-state index contributed by atoms with van der Waals surface area (Å²) < 4.78 is 1.82. The van der Waals surface area contributed by atoms with Crippen LogP contribution in [0.1, 0.15) is 31.7 Å². The molecule has 0 saturated heterocycles. The van der Waals surface area contributed by atoms with Crippen molar-refractivity contribution >= 4 is 11.6 Å². The Balaban J connectivity index is 2.85. The third-order valence-corrected chi connectivity index (χ3v) is 3.15. The van der Waals surface area contributed by atoms with E-state index >= 15 is 0 Å². The van der Waals surface area contributed by atoms with Crippen LogP contribution < -0.4 is 0 Å². The quantitative estimate of drug-likeness (QED) is 0.732. The minimum atomic E-state index is 0.427. The van der Waals surface area contributed by atoms with Gasteiger partial charge in [-0.05, 0) is 19.4 Å². The van der Waals surface area contributed by atoms with Gasteiger partial charge in [0.15, 0.2) is 0 Å². The summed E-state index contributed by atoms with van der Waals surface area (Å²) in [6, 6.07) is 2.19. The van der Waals surface area contributed by atoms with Crippen LogP contribution in [0.25, 0.3) is 0 Å². The minimum absolute atomic E-state index is 0.427. The second-order valence-corrected chi connectivity index (χ2v) is 4.43. The van der Waals surface area contributed by atoms with E-state index in [1.165, 1.54) is 0 Å². The molecule has 0 bridgehead atoms. The third-order valence-electron chi connectivity index (χ3n) is 2.71. The average molecular weight is 255 g/mol. The molecule has 0 aromatic carbocycles. The summed E-state index contributed by atoms with van der Waals surface area (Å²) in [5.74, 6) is 0. The molecular weight excluding hydrogens is 236 g/mol. The first kappa shape index (κ1) is 14.0. The van der Waals surface area contributed by atoms with E-state index in [0.717, 1.165) is 35.8 Å². The largest absolute Gasteiger partial charge is 0.285 e. The molecule has 0 aliphatic heterocycles. The number of nitrogens with zero attached hydrogens (tertiary/aromatic N) is 4. The van der Waals surface area contributed by atoms with Crippen LogP contribution in [-0.2, 0) is 20.0 Å². The maximum atomic E-state index is 8.78. The topological polar surface area (TPSA) is 44.9 Å². The van der Waals surface area contributed by atoms with Crippen molar-refractivity contribution < 1.29 is 0 Å². The van der Waals surface area contributed by atoms with E-state index in [4.69, 9.17) is 16.9 Å². The number of halogens is 1. The van der Waals surface area contributed by atoms with E-state index in [9.17, 15) is 0 Å². The molecule has 1 heterocycles. The predicted molar refractivity (Wildman–Crippen MR) is 68.8 cm³/mol. The van der Waals surface area contributed by atoms with E-state index in [-0.39, 0.29) is 0 Å². The summed E-state index contributed by atoms with van der Waals surface area (Å²) >= 11 is 6.28. The van der Waals surface area contributed by atoms with Crippen LogP contribution >= 0.6 is 11.6 Å². The van der Waals surface area contributed by atoms with Gasteiger partial charge in [0, 0.05) is 13.6 Å². The molecular formula is C12H19ClN4. The smallest absolute Gasteiger partial charge is 0.0869 e. The lowest BCUT2D eigenvalue weighted by molar-refractivity contribution is 0.290. The first-order valence-corrected chi connectivity index (χ1v) is 6.31. The Kier molecular flexibility index (Phi) is 5.46. The number of hydrogen-bond donors (Lipinski definition) is 0. The highest BCUT2D eigenvalue weighted by molar-refractivity contribution is 6.31. The highest BCUT2D eigenvalue weighted by Gasteiger charge is 2.15. The molecule has 5 heteroatoms. The monoisotopic (exact) mass is 254 g/mol. The van der Waals surface area contributed by atoms with Gasteiger partial charge in [0.25, 0.3) is 0 Å². The van der Waals surface area contributed by atoms with Crippen molar-refractivity contribution in [2.75, 3.05) is 13.1 Å². The normalized spacial score (nSPS) is 10.8. The number of aromatic nitrogens is 2. The molecule has 1 rings (SSSR count). The fraction of sp³-hybridized carbons (Fsp3) is 0.667. The van der Waals surface area contributed by atoms with Crippen LogP contribution in [0.4, 0.5) is 0 Å². The first-order valence-electron chi connectivity index (χ1n) is 5.93. The van der Waals surface area contributed by atoms with Gasteiger partial charge in [-0.25, -0.2) is 0 Å². The molecule has 17 heavy (non-hydrogen) atoms. The highest BCUT2D eigenvalue weighted by atomic mass is 35.5. The Labute approximate surface area is 108 Å². The van der Waals surface area contributed by atoms with Gasteiger partial charge in [-0.2, -0.15) is 10.4 Å². The number of hydrogen-bond acceptors (Lipinski definition) is 3. The number of nitriles is 1. The molecule has 0 radical (unpaired) electrons. The first-order chi connectivity index (χ1) is 8.13. The van der Waals surface area contributed by atoms with Crippen molar-refractivity contribution in [3.05, 3.63) is 16.4 Å². The Morgan fingerprint density at radius 2 is 2.18 bits per heavy atom. The molecule has 0 amide bonds. The zero-order valence-corrected chi connectivity index (χ0v) is 11.5. The van der Waals surface area contributed by atoms with Crippen LogP contribution in [0, 0.1) is 11.3 Å². The van der Waals surface area contributed by atoms with Crippen LogP contribution in [-0.4, -0.2) is 27.8 Å². The van der Waals surface area contributed by atoms with Gasteiger partial charge in [0.2, 0.25) is 0 Å². The van der Waals surface area contributed by atoms with Gasteiger partial charge < -0.3 is 0 Å². The summed E-state index contributed by atoms with van der Waals surface area (Å²) in [5.41, 5.74) is 1.92. The maximum Gasteiger partial charge on any atom is 0.0869 e. The molecule has 0 atom stereocenters. The van der Waals surface area contributed by atoms with Crippen molar-refractivity contribution in [3.8, 4) is 6.07 Å². The van der Waals surface area contributed by atoms with Crippen molar-refractivity contribution in [2.24, 2.45) is 7.05 Å². The summed E-state index contributed by atoms with van der Waals surface area (Å²) in [6.07, 6.45) is 1.86. The second kappa shape index (κ2) is 6.63. The lowest BCUT2D eigenvalue weighted by Gasteiger charge is -2.18. The molecule has 0 spiro atoms. The van der Waals surface area contributed by atoms with E-state index in [0.29, 0.717) is 13.1 Å². The SMILES string of the molecule is CCCN(CC#N)Cc1c(Cl)c(CC)nn1C. The summed E-state index contributed by atoms with van der Waals surface area (Å²) in [6.45, 7) is 6.15. The van der Waals surface area contributed by atoms with Gasteiger partial charge >= 0.3 is 0 Å². The van der Waals surface area contributed by atoms with Gasteiger partial charge in [-0.3, -0.25) is 9.58 Å². The summed E-state index contributed by atoms with van der Waals surface area (Å²) in [4.78, 5) is 2.09. The standard InChI is InChI=1S/C12H19ClN4/c1-4-7-17(8-6-14)9-11-12(13)10(5-2)15-16(11)3/h4-5,7-9H2,1-3H3. The molecule has 0 fully saturated rings. The number of aryl methyl sites for hydroxylation is 2. The van der Waals surface area contributed by atoms with E-state index in [1.807, 2.05) is 18.7 Å². The molecule has 0 saturated carbocycles. The maximum absolute atomic E-state index is 8.78. The fourth-order valence-electron chi connectivity index (χ4n) is 1.83. The van der Waals surface area contributed by atoms with Crippen molar-refractivity contribution in [2.45, 2.75) is 33.2 Å². The van der Waals surface area contributed by atoms with Gasteiger partial charge in [-0.1, -0.05) is 25.4 Å². The van der Waals surface area contributed by atoms with Crippen LogP contribution in [0.15, 0.2) is 0 Å². The van der Waals surface area contributed by atoms with E-state index < -0.39 is 0 Å². The zero-order valence-electron chi connectivity index (χ0n) is 10.7. The Hall–Kier alpha value is -1.05. The summed E-state index contributed by atoms with van der Waals surface area (Å²) in [5, 5.41) is 13.9. The Bertz CT molecular complexity index is 405. The minimum Gasteiger partial charge on any atom is -0.285 e. The molecule has 0 aliphatic carbocycles. The lowest BCUT2D eigenvalue weighted by Crippen LogP contribution is -2.25. The van der Waals surface area contributed by atoms with Crippen molar-refractivity contribution in [1.29, 1.82) is 5.26 Å². The van der Waals surface area contributed by atoms with E-state index in [2.05, 4.69) is 23.0 Å². The van der Waals surface area contributed by atoms with Crippen molar-refractivity contribution in [3.63, 3.8) is 0 Å². The van der Waals surface area contributed by atoms with Crippen LogP contribution in [0.5, 0.6) is 0 Å². The predicted octanol–water partition coefficient (Wildman–Crippen LogP) is 2.37. The van der Waals surface area contributed by atoms with Gasteiger partial charge in [0.1, 0.15) is 0 Å². The fourth-order valence-corrected chi connectivity index (χ4v) is 2.19. The lowest BCUT2D eigenvalue weighted by atomic mass is 10.3. The molecule has 1 aromatic rings. The number of rotatable bonds is 6. The van der Waals surface area contributed by atoms with Crippen LogP contribution in [0.3, 0.4) is 0 Å². The Morgan fingerprint density at radius 3 is 2.65 bits per heavy atom. The molecule has 0 aliphatic rings. The van der Waals surface area contributed by atoms with Crippen molar-refractivity contribution in [1.82, 2.24) is 14.7 Å². The van der Waals surface area contributed by atoms with Gasteiger partial charge in [0.05, 0.1) is 29.0 Å². The summed E-state index contributed by atoms with van der Waals surface area (Å²) in [7, 11) is 1.90. The van der Waals surface area contributed by atoms with Gasteiger partial charge in [-0.15, -0.1) is 0 Å².